The monoisotopic (exact) mass is 202 g/mol. The van der Waals surface area contributed by atoms with Crippen molar-refractivity contribution in [1.82, 2.24) is 10.6 Å². The van der Waals surface area contributed by atoms with Crippen molar-refractivity contribution < 1.29 is 4.79 Å². The molecule has 1 aliphatic heterocycles. The Labute approximate surface area is 89.2 Å². The fourth-order valence-corrected chi connectivity index (χ4v) is 1.73. The molecule has 0 spiro atoms. The second-order valence-electron chi connectivity index (χ2n) is 3.59. The van der Waals surface area contributed by atoms with Crippen LogP contribution in [0.2, 0.25) is 0 Å². The topological polar surface area (TPSA) is 41.1 Å². The van der Waals surface area contributed by atoms with Crippen molar-refractivity contribution in [1.29, 1.82) is 0 Å². The Morgan fingerprint density at radius 1 is 1.33 bits per heavy atom. The molecule has 2 N–H and O–H groups in total. The van der Waals surface area contributed by atoms with E-state index in [4.69, 9.17) is 0 Å². The van der Waals surface area contributed by atoms with Gasteiger partial charge in [-0.2, -0.15) is 0 Å². The summed E-state index contributed by atoms with van der Waals surface area (Å²) in [6, 6.07) is 10.1. The zero-order valence-corrected chi connectivity index (χ0v) is 8.66. The Hall–Kier alpha value is -1.77. The van der Waals surface area contributed by atoms with Crippen LogP contribution in [0.1, 0.15) is 18.0 Å². The lowest BCUT2D eigenvalue weighted by atomic mass is 9.99. The van der Waals surface area contributed by atoms with Crippen molar-refractivity contribution in [2.24, 2.45) is 0 Å². The number of rotatable bonds is 2. The second kappa shape index (κ2) is 4.17. The highest BCUT2D eigenvalue weighted by atomic mass is 16.1. The van der Waals surface area contributed by atoms with Crippen LogP contribution in [0.3, 0.4) is 0 Å². The van der Waals surface area contributed by atoms with E-state index in [0.29, 0.717) is 6.42 Å². The van der Waals surface area contributed by atoms with Gasteiger partial charge in [0.25, 0.3) is 0 Å². The zero-order valence-electron chi connectivity index (χ0n) is 8.66. The summed E-state index contributed by atoms with van der Waals surface area (Å²) in [4.78, 5) is 11.5. The van der Waals surface area contributed by atoms with E-state index in [1.807, 2.05) is 30.3 Å². The zero-order chi connectivity index (χ0) is 10.7. The van der Waals surface area contributed by atoms with Gasteiger partial charge in [0, 0.05) is 19.5 Å². The molecule has 3 heteroatoms. The number of ketones is 1. The van der Waals surface area contributed by atoms with Crippen LogP contribution in [-0.2, 0) is 4.79 Å². The summed E-state index contributed by atoms with van der Waals surface area (Å²) >= 11 is 0. The van der Waals surface area contributed by atoms with Crippen molar-refractivity contribution in [2.75, 3.05) is 7.05 Å². The van der Waals surface area contributed by atoms with Gasteiger partial charge in [0.05, 0.1) is 6.04 Å². The maximum atomic E-state index is 11.5. The predicted molar refractivity (Wildman–Crippen MR) is 59.1 cm³/mol. The molecule has 1 atom stereocenters. The maximum Gasteiger partial charge on any atom is 0.161 e. The van der Waals surface area contributed by atoms with Gasteiger partial charge in [0.2, 0.25) is 0 Å². The third kappa shape index (κ3) is 2.18. The Kier molecular flexibility index (Phi) is 2.72. The quantitative estimate of drug-likeness (QED) is 0.760. The van der Waals surface area contributed by atoms with E-state index in [-0.39, 0.29) is 11.8 Å². The van der Waals surface area contributed by atoms with Gasteiger partial charge < -0.3 is 10.6 Å². The van der Waals surface area contributed by atoms with Gasteiger partial charge in [0.15, 0.2) is 5.78 Å². The van der Waals surface area contributed by atoms with Crippen LogP contribution in [0.5, 0.6) is 0 Å². The molecular weight excluding hydrogens is 188 g/mol. The Bertz CT molecular complexity index is 384. The summed E-state index contributed by atoms with van der Waals surface area (Å²) in [5.41, 5.74) is 1.15. The summed E-state index contributed by atoms with van der Waals surface area (Å²) in [6.45, 7) is 0. The number of nitrogens with one attached hydrogen (secondary N) is 2. The molecular formula is C12H14N2O. The summed E-state index contributed by atoms with van der Waals surface area (Å²) in [5, 5.41) is 6.24. The van der Waals surface area contributed by atoms with Gasteiger partial charge in [-0.3, -0.25) is 4.79 Å². The molecule has 0 aliphatic carbocycles. The van der Waals surface area contributed by atoms with Crippen molar-refractivity contribution in [2.45, 2.75) is 12.5 Å². The second-order valence-corrected chi connectivity index (χ2v) is 3.59. The highest BCUT2D eigenvalue weighted by Gasteiger charge is 2.20. The molecule has 1 heterocycles. The molecule has 1 aromatic rings. The van der Waals surface area contributed by atoms with Crippen LogP contribution in [0, 0.1) is 0 Å². The lowest BCUT2D eigenvalue weighted by Crippen LogP contribution is -2.33. The lowest BCUT2D eigenvalue weighted by molar-refractivity contribution is -0.115. The highest BCUT2D eigenvalue weighted by Crippen LogP contribution is 2.21. The molecule has 0 aromatic heterocycles. The SMILES string of the molecule is CNC1=CC(=O)C[C@@H](c2ccccc2)N1. The summed E-state index contributed by atoms with van der Waals surface area (Å²) in [5.74, 6) is 0.951. The van der Waals surface area contributed by atoms with Gasteiger partial charge in [-0.15, -0.1) is 0 Å². The minimum absolute atomic E-state index is 0.0890. The fourth-order valence-electron chi connectivity index (χ4n) is 1.73. The van der Waals surface area contributed by atoms with Crippen molar-refractivity contribution in [3.05, 3.63) is 47.8 Å². The minimum Gasteiger partial charge on any atom is -0.375 e. The van der Waals surface area contributed by atoms with E-state index in [0.717, 1.165) is 11.4 Å². The summed E-state index contributed by atoms with van der Waals surface area (Å²) in [6.07, 6.45) is 2.13. The first-order valence-corrected chi connectivity index (χ1v) is 5.03. The molecule has 2 rings (SSSR count). The number of hydrogen-bond donors (Lipinski definition) is 2. The van der Waals surface area contributed by atoms with Crippen molar-refractivity contribution in [3.63, 3.8) is 0 Å². The molecule has 0 radical (unpaired) electrons. The van der Waals surface area contributed by atoms with E-state index in [2.05, 4.69) is 10.6 Å². The minimum atomic E-state index is 0.0890. The van der Waals surface area contributed by atoms with Gasteiger partial charge in [0.1, 0.15) is 5.82 Å². The Morgan fingerprint density at radius 3 is 2.73 bits per heavy atom. The number of carbonyl (C=O) groups is 1. The van der Waals surface area contributed by atoms with Gasteiger partial charge in [-0.25, -0.2) is 0 Å². The largest absolute Gasteiger partial charge is 0.375 e. The molecule has 15 heavy (non-hydrogen) atoms. The molecule has 0 unspecified atom stereocenters. The van der Waals surface area contributed by atoms with Crippen LogP contribution in [0.15, 0.2) is 42.2 Å². The molecule has 0 fully saturated rings. The van der Waals surface area contributed by atoms with Gasteiger partial charge in [-0.1, -0.05) is 30.3 Å². The third-order valence-corrected chi connectivity index (χ3v) is 2.51. The van der Waals surface area contributed by atoms with Crippen molar-refractivity contribution in [3.8, 4) is 0 Å². The predicted octanol–water partition coefficient (Wildman–Crippen LogP) is 1.35. The molecule has 78 valence electrons. The normalized spacial score (nSPS) is 20.5. The van der Waals surface area contributed by atoms with E-state index in [1.165, 1.54) is 0 Å². The van der Waals surface area contributed by atoms with Crippen LogP contribution in [-0.4, -0.2) is 12.8 Å². The van der Waals surface area contributed by atoms with E-state index in [1.54, 1.807) is 13.1 Å². The first-order valence-electron chi connectivity index (χ1n) is 5.03. The third-order valence-electron chi connectivity index (χ3n) is 2.51. The Balaban J connectivity index is 2.20. The number of carbonyl (C=O) groups excluding carboxylic acids is 1. The molecule has 3 nitrogen and oxygen atoms in total. The first kappa shape index (κ1) is 9.77. The van der Waals surface area contributed by atoms with E-state index >= 15 is 0 Å². The fraction of sp³-hybridized carbons (Fsp3) is 0.250. The summed E-state index contributed by atoms with van der Waals surface area (Å²) < 4.78 is 0. The van der Waals surface area contributed by atoms with E-state index in [9.17, 15) is 4.79 Å². The smallest absolute Gasteiger partial charge is 0.161 e. The van der Waals surface area contributed by atoms with Crippen LogP contribution >= 0.6 is 0 Å². The molecule has 0 amide bonds. The first-order chi connectivity index (χ1) is 7.29. The molecule has 0 saturated heterocycles. The van der Waals surface area contributed by atoms with Crippen LogP contribution in [0.4, 0.5) is 0 Å². The molecule has 1 aromatic carbocycles. The Morgan fingerprint density at radius 2 is 2.07 bits per heavy atom. The maximum absolute atomic E-state index is 11.5. The molecule has 1 aliphatic rings. The average Bonchev–Trinajstić information content (AvgIpc) is 2.29. The number of hydrogen-bond acceptors (Lipinski definition) is 3. The van der Waals surface area contributed by atoms with Gasteiger partial charge >= 0.3 is 0 Å². The summed E-state index contributed by atoms with van der Waals surface area (Å²) in [7, 11) is 1.81. The molecule has 0 saturated carbocycles. The molecule has 0 bridgehead atoms. The van der Waals surface area contributed by atoms with Crippen LogP contribution in [0.25, 0.3) is 0 Å². The number of benzene rings is 1. The van der Waals surface area contributed by atoms with Crippen molar-refractivity contribution >= 4 is 5.78 Å². The lowest BCUT2D eigenvalue weighted by Gasteiger charge is -2.24. The van der Waals surface area contributed by atoms with Crippen LogP contribution < -0.4 is 10.6 Å². The van der Waals surface area contributed by atoms with E-state index < -0.39 is 0 Å². The highest BCUT2D eigenvalue weighted by molar-refractivity contribution is 5.91. The standard InChI is InChI=1S/C12H14N2O/c1-13-12-8-10(15)7-11(14-12)9-5-3-2-4-6-9/h2-6,8,11,13-14H,7H2,1H3/t11-/m0/s1. The average molecular weight is 202 g/mol. The number of allylic oxidation sites excluding steroid dienone is 1. The van der Waals surface area contributed by atoms with Gasteiger partial charge in [-0.05, 0) is 5.56 Å².